The summed E-state index contributed by atoms with van der Waals surface area (Å²) in [6.07, 6.45) is 11.3. The van der Waals surface area contributed by atoms with Crippen LogP contribution in [0.25, 0.3) is 0 Å². The molecule has 0 aromatic rings. The molecule has 3 aliphatic heterocycles. The fraction of sp³-hybridized carbons (Fsp3) is 0.833. The summed E-state index contributed by atoms with van der Waals surface area (Å²) in [4.78, 5) is 2.72. The Hall–Kier alpha value is -0.300. The Balaban J connectivity index is 1.96. The standard InChI is InChI=1S/C12H19N/c1-2-10-7-9-13(8-1)12-5-3-11(10)4-6-12/h7,11-12H,1-6,8-9H2. The van der Waals surface area contributed by atoms with Crippen molar-refractivity contribution in [3.05, 3.63) is 11.6 Å². The molecular weight excluding hydrogens is 158 g/mol. The van der Waals surface area contributed by atoms with Gasteiger partial charge in [0.15, 0.2) is 0 Å². The van der Waals surface area contributed by atoms with E-state index in [1.807, 2.05) is 0 Å². The van der Waals surface area contributed by atoms with Crippen molar-refractivity contribution in [1.29, 1.82) is 0 Å². The third-order valence-corrected chi connectivity index (χ3v) is 4.24. The minimum absolute atomic E-state index is 0.937. The Bertz CT molecular complexity index is 223. The van der Waals surface area contributed by atoms with Crippen molar-refractivity contribution in [2.45, 2.75) is 44.6 Å². The normalized spacial score (nSPS) is 43.7. The maximum Gasteiger partial charge on any atom is 0.0168 e. The number of nitrogens with zero attached hydrogens (tertiary/aromatic N) is 1. The molecule has 0 aromatic carbocycles. The van der Waals surface area contributed by atoms with E-state index in [1.54, 1.807) is 5.57 Å². The van der Waals surface area contributed by atoms with Crippen LogP contribution in [0.3, 0.4) is 0 Å². The molecule has 72 valence electrons. The van der Waals surface area contributed by atoms with Gasteiger partial charge < -0.3 is 0 Å². The second kappa shape index (κ2) is 3.13. The molecule has 1 unspecified atom stereocenters. The Labute approximate surface area is 80.8 Å². The van der Waals surface area contributed by atoms with Crippen molar-refractivity contribution in [3.8, 4) is 0 Å². The van der Waals surface area contributed by atoms with Crippen molar-refractivity contribution in [1.82, 2.24) is 4.90 Å². The summed E-state index contributed by atoms with van der Waals surface area (Å²) in [5, 5.41) is 0. The number of rotatable bonds is 0. The van der Waals surface area contributed by atoms with Crippen LogP contribution >= 0.6 is 0 Å². The van der Waals surface area contributed by atoms with Crippen LogP contribution < -0.4 is 0 Å². The summed E-state index contributed by atoms with van der Waals surface area (Å²) in [6.45, 7) is 2.62. The Morgan fingerprint density at radius 3 is 2.85 bits per heavy atom. The quantitative estimate of drug-likeness (QED) is 0.514. The Kier molecular flexibility index (Phi) is 1.93. The fourth-order valence-electron chi connectivity index (χ4n) is 3.43. The van der Waals surface area contributed by atoms with Crippen LogP contribution in [0.15, 0.2) is 11.6 Å². The summed E-state index contributed by atoms with van der Waals surface area (Å²) in [6, 6.07) is 0.937. The second-order valence-corrected chi connectivity index (χ2v) is 4.88. The zero-order chi connectivity index (χ0) is 8.67. The molecule has 0 radical (unpaired) electrons. The van der Waals surface area contributed by atoms with Gasteiger partial charge in [0.25, 0.3) is 0 Å². The van der Waals surface area contributed by atoms with Gasteiger partial charge in [0.2, 0.25) is 0 Å². The van der Waals surface area contributed by atoms with E-state index in [0.717, 1.165) is 12.0 Å². The highest BCUT2D eigenvalue weighted by atomic mass is 15.2. The van der Waals surface area contributed by atoms with E-state index in [0.29, 0.717) is 0 Å². The summed E-state index contributed by atoms with van der Waals surface area (Å²) >= 11 is 0. The Morgan fingerprint density at radius 1 is 1.15 bits per heavy atom. The molecular formula is C12H19N. The number of fused-ring (bicyclic) bond motifs is 2. The van der Waals surface area contributed by atoms with Gasteiger partial charge in [-0.25, -0.2) is 0 Å². The Morgan fingerprint density at radius 2 is 2.00 bits per heavy atom. The lowest BCUT2D eigenvalue weighted by atomic mass is 9.79. The number of hydrogen-bond donors (Lipinski definition) is 0. The summed E-state index contributed by atoms with van der Waals surface area (Å²) in [5.41, 5.74) is 1.81. The molecule has 0 N–H and O–H groups in total. The molecule has 3 heterocycles. The third kappa shape index (κ3) is 1.34. The van der Waals surface area contributed by atoms with Crippen molar-refractivity contribution in [3.63, 3.8) is 0 Å². The maximum absolute atomic E-state index is 2.72. The smallest absolute Gasteiger partial charge is 0.0168 e. The van der Waals surface area contributed by atoms with Crippen LogP contribution in [0.2, 0.25) is 0 Å². The molecule has 1 aliphatic carbocycles. The van der Waals surface area contributed by atoms with E-state index in [2.05, 4.69) is 11.0 Å². The predicted octanol–water partition coefficient (Wildman–Crippen LogP) is 2.58. The predicted molar refractivity (Wildman–Crippen MR) is 54.6 cm³/mol. The van der Waals surface area contributed by atoms with Crippen LogP contribution in [0.5, 0.6) is 0 Å². The van der Waals surface area contributed by atoms with E-state index in [4.69, 9.17) is 0 Å². The average Bonchev–Trinajstić information content (AvgIpc) is 2.33. The zero-order valence-electron chi connectivity index (χ0n) is 8.34. The topological polar surface area (TPSA) is 3.24 Å². The van der Waals surface area contributed by atoms with E-state index in [1.165, 1.54) is 51.6 Å². The first-order valence-corrected chi connectivity index (χ1v) is 5.86. The van der Waals surface area contributed by atoms with Gasteiger partial charge >= 0.3 is 0 Å². The van der Waals surface area contributed by atoms with Gasteiger partial charge in [-0.05, 0) is 51.0 Å². The van der Waals surface area contributed by atoms with Gasteiger partial charge in [0.05, 0.1) is 0 Å². The van der Waals surface area contributed by atoms with Crippen molar-refractivity contribution in [2.75, 3.05) is 13.1 Å². The van der Waals surface area contributed by atoms with Crippen molar-refractivity contribution in [2.24, 2.45) is 5.92 Å². The molecule has 1 saturated carbocycles. The van der Waals surface area contributed by atoms with Crippen LogP contribution in [-0.2, 0) is 0 Å². The lowest BCUT2D eigenvalue weighted by Crippen LogP contribution is -2.39. The molecule has 4 bridgehead atoms. The monoisotopic (exact) mass is 177 g/mol. The second-order valence-electron chi connectivity index (χ2n) is 4.88. The van der Waals surface area contributed by atoms with Gasteiger partial charge in [0.1, 0.15) is 0 Å². The van der Waals surface area contributed by atoms with Crippen LogP contribution in [-0.4, -0.2) is 24.0 Å². The summed E-state index contributed by atoms with van der Waals surface area (Å²) < 4.78 is 0. The molecule has 1 nitrogen and oxygen atoms in total. The number of allylic oxidation sites excluding steroid dienone is 1. The maximum atomic E-state index is 2.72. The van der Waals surface area contributed by atoms with Gasteiger partial charge in [-0.15, -0.1) is 0 Å². The molecule has 0 amide bonds. The molecule has 1 atom stereocenters. The van der Waals surface area contributed by atoms with Crippen LogP contribution in [0.4, 0.5) is 0 Å². The number of hydrogen-bond acceptors (Lipinski definition) is 1. The molecule has 13 heavy (non-hydrogen) atoms. The molecule has 4 aliphatic rings. The summed E-state index contributed by atoms with van der Waals surface area (Å²) in [7, 11) is 0. The largest absolute Gasteiger partial charge is 0.297 e. The summed E-state index contributed by atoms with van der Waals surface area (Å²) in [5.74, 6) is 0.983. The van der Waals surface area contributed by atoms with Crippen molar-refractivity contribution < 1.29 is 0 Å². The molecule has 1 fully saturated rings. The first-order chi connectivity index (χ1) is 6.43. The minimum atomic E-state index is 0.937. The molecule has 0 aromatic heterocycles. The SMILES string of the molecule is C1=C2CCCN(C1)C1CCC2CC1. The molecule has 0 saturated heterocycles. The fourth-order valence-corrected chi connectivity index (χ4v) is 3.43. The highest BCUT2D eigenvalue weighted by Crippen LogP contribution is 2.38. The van der Waals surface area contributed by atoms with E-state index in [-0.39, 0.29) is 0 Å². The van der Waals surface area contributed by atoms with Crippen LogP contribution in [0.1, 0.15) is 38.5 Å². The third-order valence-electron chi connectivity index (χ3n) is 4.24. The lowest BCUT2D eigenvalue weighted by molar-refractivity contribution is 0.159. The van der Waals surface area contributed by atoms with Gasteiger partial charge in [-0.1, -0.05) is 11.6 Å². The van der Waals surface area contributed by atoms with E-state index in [9.17, 15) is 0 Å². The average molecular weight is 177 g/mol. The first kappa shape index (κ1) is 8.05. The van der Waals surface area contributed by atoms with Crippen molar-refractivity contribution >= 4 is 0 Å². The molecule has 1 heteroatoms. The van der Waals surface area contributed by atoms with E-state index >= 15 is 0 Å². The minimum Gasteiger partial charge on any atom is -0.297 e. The highest BCUT2D eigenvalue weighted by molar-refractivity contribution is 5.13. The first-order valence-electron chi connectivity index (χ1n) is 5.86. The van der Waals surface area contributed by atoms with Crippen LogP contribution in [0, 0.1) is 5.92 Å². The van der Waals surface area contributed by atoms with Gasteiger partial charge in [-0.3, -0.25) is 4.90 Å². The van der Waals surface area contributed by atoms with Gasteiger partial charge in [0, 0.05) is 12.6 Å². The molecule has 4 rings (SSSR count). The molecule has 0 spiro atoms. The highest BCUT2D eigenvalue weighted by Gasteiger charge is 2.31. The lowest BCUT2D eigenvalue weighted by Gasteiger charge is -2.37. The zero-order valence-corrected chi connectivity index (χ0v) is 8.34. The van der Waals surface area contributed by atoms with E-state index < -0.39 is 0 Å². The van der Waals surface area contributed by atoms with Gasteiger partial charge in [-0.2, -0.15) is 0 Å².